The van der Waals surface area contributed by atoms with Gasteiger partial charge in [-0.1, -0.05) is 33.1 Å². The van der Waals surface area contributed by atoms with Gasteiger partial charge < -0.3 is 10.6 Å². The molecule has 1 aliphatic rings. The number of anilines is 3. The van der Waals surface area contributed by atoms with E-state index < -0.39 is 0 Å². The normalized spacial score (nSPS) is 14.7. The number of hydrogen-bond donors (Lipinski definition) is 2. The van der Waals surface area contributed by atoms with Gasteiger partial charge in [-0.3, -0.25) is 9.67 Å². The molecular formula is C25H30N8. The van der Waals surface area contributed by atoms with Gasteiger partial charge in [0, 0.05) is 36.6 Å². The lowest BCUT2D eigenvalue weighted by Crippen LogP contribution is -2.22. The van der Waals surface area contributed by atoms with Crippen LogP contribution in [0.3, 0.4) is 0 Å². The first-order valence-electron chi connectivity index (χ1n) is 11.7. The number of rotatable bonds is 6. The maximum absolute atomic E-state index is 4.79. The number of hydrogen-bond acceptors (Lipinski definition) is 7. The van der Waals surface area contributed by atoms with E-state index in [1.807, 2.05) is 42.3 Å². The Hall–Kier alpha value is -3.55. The van der Waals surface area contributed by atoms with Crippen LogP contribution in [0.25, 0.3) is 22.2 Å². The highest BCUT2D eigenvalue weighted by atomic mass is 15.3. The number of pyridine rings is 2. The Morgan fingerprint density at radius 1 is 1.00 bits per heavy atom. The van der Waals surface area contributed by atoms with Gasteiger partial charge >= 0.3 is 0 Å². The molecule has 4 heterocycles. The molecule has 1 aliphatic carbocycles. The first-order chi connectivity index (χ1) is 16.0. The lowest BCUT2D eigenvalue weighted by atomic mass is 9.95. The number of nitrogens with one attached hydrogen (secondary N) is 2. The van der Waals surface area contributed by atoms with Gasteiger partial charge in [-0.05, 0) is 48.6 Å². The minimum absolute atomic E-state index is 0.383. The van der Waals surface area contributed by atoms with Crippen LogP contribution < -0.4 is 10.6 Å². The topological polar surface area (TPSA) is 93.4 Å². The Morgan fingerprint density at radius 3 is 2.67 bits per heavy atom. The van der Waals surface area contributed by atoms with Gasteiger partial charge in [-0.15, -0.1) is 5.10 Å². The SMILES string of the molecule is CC(C)c1cnnc(Nc2ccc3ncc(-c4cn(C)nc4NC4CCCCC4)cc3n2)c1. The lowest BCUT2D eigenvalue weighted by molar-refractivity contribution is 0.461. The molecule has 2 N–H and O–H groups in total. The molecule has 0 saturated heterocycles. The van der Waals surface area contributed by atoms with Crippen LogP contribution in [0.1, 0.15) is 57.4 Å². The van der Waals surface area contributed by atoms with Crippen LogP contribution in [0.4, 0.5) is 17.5 Å². The van der Waals surface area contributed by atoms with Crippen molar-refractivity contribution in [2.45, 2.75) is 57.9 Å². The van der Waals surface area contributed by atoms with Crippen LogP contribution in [-0.2, 0) is 7.05 Å². The monoisotopic (exact) mass is 442 g/mol. The van der Waals surface area contributed by atoms with E-state index in [0.29, 0.717) is 23.6 Å². The molecule has 170 valence electrons. The second-order valence-electron chi connectivity index (χ2n) is 9.16. The zero-order chi connectivity index (χ0) is 22.8. The Morgan fingerprint density at radius 2 is 1.85 bits per heavy atom. The number of aromatic nitrogens is 6. The van der Waals surface area contributed by atoms with Gasteiger partial charge in [0.15, 0.2) is 11.6 Å². The molecule has 4 aromatic heterocycles. The van der Waals surface area contributed by atoms with E-state index in [1.54, 1.807) is 6.20 Å². The Kier molecular flexibility index (Phi) is 5.90. The summed E-state index contributed by atoms with van der Waals surface area (Å²) in [5.41, 5.74) is 4.84. The molecule has 5 rings (SSSR count). The van der Waals surface area contributed by atoms with Crippen LogP contribution >= 0.6 is 0 Å². The zero-order valence-electron chi connectivity index (χ0n) is 19.4. The molecule has 8 nitrogen and oxygen atoms in total. The summed E-state index contributed by atoms with van der Waals surface area (Å²) in [4.78, 5) is 9.45. The third kappa shape index (κ3) is 4.79. The average Bonchev–Trinajstić information content (AvgIpc) is 3.19. The summed E-state index contributed by atoms with van der Waals surface area (Å²) >= 11 is 0. The molecule has 0 spiro atoms. The second kappa shape index (κ2) is 9.13. The standard InChI is InChI=1S/C25H30N8/c1-16(2)17-12-24(31-27-14-17)30-23-10-9-21-22(29-23)11-18(13-26-21)20-15-33(3)32-25(20)28-19-7-5-4-6-8-19/h9-16,19H,4-8H2,1-3H3,(H,28,32)(H,29,30,31). The van der Waals surface area contributed by atoms with E-state index in [2.05, 4.69) is 50.8 Å². The summed E-state index contributed by atoms with van der Waals surface area (Å²) in [6.07, 6.45) is 12.0. The molecule has 4 aromatic rings. The van der Waals surface area contributed by atoms with Crippen molar-refractivity contribution in [1.82, 2.24) is 29.9 Å². The van der Waals surface area contributed by atoms with Gasteiger partial charge in [0.05, 0.1) is 17.2 Å². The van der Waals surface area contributed by atoms with E-state index in [0.717, 1.165) is 33.5 Å². The van der Waals surface area contributed by atoms with Crippen molar-refractivity contribution in [3.8, 4) is 11.1 Å². The maximum atomic E-state index is 4.79. The van der Waals surface area contributed by atoms with E-state index in [4.69, 9.17) is 4.98 Å². The minimum Gasteiger partial charge on any atom is -0.365 e. The van der Waals surface area contributed by atoms with E-state index in [1.165, 1.54) is 32.1 Å². The first kappa shape index (κ1) is 21.3. The molecule has 0 aromatic carbocycles. The summed E-state index contributed by atoms with van der Waals surface area (Å²) in [5.74, 6) is 2.70. The van der Waals surface area contributed by atoms with Crippen molar-refractivity contribution in [3.63, 3.8) is 0 Å². The Bertz CT molecular complexity index is 1260. The maximum Gasteiger partial charge on any atom is 0.156 e. The van der Waals surface area contributed by atoms with E-state index >= 15 is 0 Å². The first-order valence-corrected chi connectivity index (χ1v) is 11.7. The van der Waals surface area contributed by atoms with Crippen LogP contribution in [0.15, 0.2) is 42.9 Å². The van der Waals surface area contributed by atoms with Gasteiger partial charge in [0.25, 0.3) is 0 Å². The van der Waals surface area contributed by atoms with Crippen molar-refractivity contribution >= 4 is 28.5 Å². The summed E-state index contributed by atoms with van der Waals surface area (Å²) in [5, 5.41) is 19.9. The summed E-state index contributed by atoms with van der Waals surface area (Å²) in [6.45, 7) is 4.27. The molecule has 0 bridgehead atoms. The largest absolute Gasteiger partial charge is 0.365 e. The quantitative estimate of drug-likeness (QED) is 0.411. The summed E-state index contributed by atoms with van der Waals surface area (Å²) < 4.78 is 1.86. The fourth-order valence-corrected chi connectivity index (χ4v) is 4.36. The zero-order valence-corrected chi connectivity index (χ0v) is 19.4. The van der Waals surface area contributed by atoms with Crippen molar-refractivity contribution in [2.75, 3.05) is 10.6 Å². The number of fused-ring (bicyclic) bond motifs is 1. The van der Waals surface area contributed by atoms with Crippen LogP contribution in [0.5, 0.6) is 0 Å². The molecule has 0 aliphatic heterocycles. The van der Waals surface area contributed by atoms with E-state index in [9.17, 15) is 0 Å². The third-order valence-corrected chi connectivity index (χ3v) is 6.22. The highest BCUT2D eigenvalue weighted by Crippen LogP contribution is 2.31. The number of nitrogens with zero attached hydrogens (tertiary/aromatic N) is 6. The average molecular weight is 443 g/mol. The van der Waals surface area contributed by atoms with E-state index in [-0.39, 0.29) is 0 Å². The molecule has 1 fully saturated rings. The smallest absolute Gasteiger partial charge is 0.156 e. The van der Waals surface area contributed by atoms with Gasteiger partial charge in [0.2, 0.25) is 0 Å². The van der Waals surface area contributed by atoms with Crippen molar-refractivity contribution in [1.29, 1.82) is 0 Å². The minimum atomic E-state index is 0.383. The molecular weight excluding hydrogens is 412 g/mol. The Labute approximate surface area is 193 Å². The molecule has 0 amide bonds. The lowest BCUT2D eigenvalue weighted by Gasteiger charge is -2.23. The fraction of sp³-hybridized carbons (Fsp3) is 0.400. The van der Waals surface area contributed by atoms with Crippen LogP contribution in [0, 0.1) is 0 Å². The predicted molar refractivity (Wildman–Crippen MR) is 132 cm³/mol. The summed E-state index contributed by atoms with van der Waals surface area (Å²) in [6, 6.07) is 8.46. The van der Waals surface area contributed by atoms with Crippen molar-refractivity contribution in [2.24, 2.45) is 7.05 Å². The van der Waals surface area contributed by atoms with Gasteiger partial charge in [-0.25, -0.2) is 4.98 Å². The predicted octanol–water partition coefficient (Wildman–Crippen LogP) is 5.43. The molecule has 0 atom stereocenters. The second-order valence-corrected chi connectivity index (χ2v) is 9.16. The molecule has 8 heteroatoms. The van der Waals surface area contributed by atoms with Crippen molar-refractivity contribution in [3.05, 3.63) is 48.4 Å². The van der Waals surface area contributed by atoms with Crippen LogP contribution in [0.2, 0.25) is 0 Å². The molecule has 0 radical (unpaired) electrons. The Balaban J connectivity index is 1.43. The fourth-order valence-electron chi connectivity index (χ4n) is 4.36. The number of aryl methyl sites for hydroxylation is 1. The molecule has 1 saturated carbocycles. The summed E-state index contributed by atoms with van der Waals surface area (Å²) in [7, 11) is 1.95. The molecule has 33 heavy (non-hydrogen) atoms. The van der Waals surface area contributed by atoms with Gasteiger partial charge in [-0.2, -0.15) is 10.2 Å². The molecule has 0 unspecified atom stereocenters. The van der Waals surface area contributed by atoms with Crippen molar-refractivity contribution < 1.29 is 0 Å². The highest BCUT2D eigenvalue weighted by molar-refractivity contribution is 5.84. The highest BCUT2D eigenvalue weighted by Gasteiger charge is 2.18. The van der Waals surface area contributed by atoms with Crippen LogP contribution in [-0.4, -0.2) is 36.0 Å². The third-order valence-electron chi connectivity index (χ3n) is 6.22. The van der Waals surface area contributed by atoms with Gasteiger partial charge in [0.1, 0.15) is 5.82 Å².